The van der Waals surface area contributed by atoms with Gasteiger partial charge in [-0.05, 0) is 37.1 Å². The Morgan fingerprint density at radius 2 is 1.92 bits per heavy atom. The van der Waals surface area contributed by atoms with Gasteiger partial charge < -0.3 is 10.6 Å². The van der Waals surface area contributed by atoms with Crippen molar-refractivity contribution in [3.05, 3.63) is 47.2 Å². The molecule has 3 rings (SSSR count). The molecule has 2 aromatic rings. The van der Waals surface area contributed by atoms with Gasteiger partial charge in [-0.2, -0.15) is 5.10 Å². The fraction of sp³-hybridized carbons (Fsp3) is 0.353. The summed E-state index contributed by atoms with van der Waals surface area (Å²) in [4.78, 5) is 25.7. The smallest absolute Gasteiger partial charge is 0.257 e. The molecule has 7 heteroatoms. The molecule has 2 amide bonds. The van der Waals surface area contributed by atoms with Gasteiger partial charge in [-0.15, -0.1) is 0 Å². The van der Waals surface area contributed by atoms with E-state index in [2.05, 4.69) is 5.10 Å². The number of carbonyl (C=O) groups excluding carboxylic acids is 2. The van der Waals surface area contributed by atoms with Crippen LogP contribution in [0.25, 0.3) is 5.69 Å². The standard InChI is InChI=1S/C17H19ClN4O2/c18-13-5-7-15(8-6-13)22-10-12(9-20-22)17(24)21(11-16(19)23)14-3-1-2-4-14/h5-10,14H,1-4,11H2,(H2,19,23). The first-order valence-corrected chi connectivity index (χ1v) is 8.32. The Labute approximate surface area is 145 Å². The van der Waals surface area contributed by atoms with Crippen LogP contribution in [-0.4, -0.2) is 39.1 Å². The van der Waals surface area contributed by atoms with Crippen LogP contribution in [0.15, 0.2) is 36.7 Å². The minimum atomic E-state index is -0.500. The molecule has 0 unspecified atom stereocenters. The van der Waals surface area contributed by atoms with Gasteiger partial charge in [0.05, 0.1) is 24.0 Å². The topological polar surface area (TPSA) is 81.2 Å². The summed E-state index contributed by atoms with van der Waals surface area (Å²) in [5, 5.41) is 4.87. The van der Waals surface area contributed by atoms with E-state index in [0.29, 0.717) is 10.6 Å². The number of carbonyl (C=O) groups is 2. The summed E-state index contributed by atoms with van der Waals surface area (Å²) >= 11 is 5.88. The first-order valence-electron chi connectivity index (χ1n) is 7.94. The number of halogens is 1. The minimum Gasteiger partial charge on any atom is -0.368 e. The molecule has 24 heavy (non-hydrogen) atoms. The van der Waals surface area contributed by atoms with Gasteiger partial charge >= 0.3 is 0 Å². The summed E-state index contributed by atoms with van der Waals surface area (Å²) in [6, 6.07) is 7.24. The molecular weight excluding hydrogens is 328 g/mol. The summed E-state index contributed by atoms with van der Waals surface area (Å²) in [6.07, 6.45) is 7.12. The molecule has 6 nitrogen and oxygen atoms in total. The summed E-state index contributed by atoms with van der Waals surface area (Å²) in [5.74, 6) is -0.707. The van der Waals surface area contributed by atoms with Crippen LogP contribution in [0.2, 0.25) is 5.02 Å². The maximum atomic E-state index is 12.8. The molecule has 1 fully saturated rings. The molecule has 1 aliphatic carbocycles. The maximum absolute atomic E-state index is 12.8. The highest BCUT2D eigenvalue weighted by Crippen LogP contribution is 2.25. The molecule has 1 saturated carbocycles. The lowest BCUT2D eigenvalue weighted by molar-refractivity contribution is -0.119. The highest BCUT2D eigenvalue weighted by atomic mass is 35.5. The second kappa shape index (κ2) is 7.05. The lowest BCUT2D eigenvalue weighted by atomic mass is 10.1. The zero-order valence-corrected chi connectivity index (χ0v) is 13.9. The summed E-state index contributed by atoms with van der Waals surface area (Å²) < 4.78 is 1.61. The van der Waals surface area contributed by atoms with Gasteiger partial charge in [0.25, 0.3) is 5.91 Å². The Hall–Kier alpha value is -2.34. The van der Waals surface area contributed by atoms with Gasteiger partial charge in [-0.1, -0.05) is 24.4 Å². The Kier molecular flexibility index (Phi) is 4.85. The van der Waals surface area contributed by atoms with Crippen molar-refractivity contribution in [2.45, 2.75) is 31.7 Å². The van der Waals surface area contributed by atoms with E-state index >= 15 is 0 Å². The lowest BCUT2D eigenvalue weighted by Crippen LogP contribution is -2.44. The van der Waals surface area contributed by atoms with Gasteiger partial charge in [0.2, 0.25) is 5.91 Å². The molecule has 0 atom stereocenters. The number of hydrogen-bond acceptors (Lipinski definition) is 3. The van der Waals surface area contributed by atoms with Gasteiger partial charge in [-0.25, -0.2) is 4.68 Å². The molecule has 1 heterocycles. The van der Waals surface area contributed by atoms with E-state index < -0.39 is 5.91 Å². The maximum Gasteiger partial charge on any atom is 0.257 e. The van der Waals surface area contributed by atoms with E-state index in [1.165, 1.54) is 6.20 Å². The second-order valence-electron chi connectivity index (χ2n) is 5.99. The third-order valence-corrected chi connectivity index (χ3v) is 4.53. The zero-order valence-electron chi connectivity index (χ0n) is 13.2. The fourth-order valence-electron chi connectivity index (χ4n) is 3.08. The summed E-state index contributed by atoms with van der Waals surface area (Å²) in [7, 11) is 0. The normalized spacial score (nSPS) is 14.7. The van der Waals surface area contributed by atoms with Crippen molar-refractivity contribution in [3.63, 3.8) is 0 Å². The predicted molar refractivity (Wildman–Crippen MR) is 91.1 cm³/mol. The van der Waals surface area contributed by atoms with Crippen molar-refractivity contribution in [1.82, 2.24) is 14.7 Å². The molecule has 0 saturated heterocycles. The first-order chi connectivity index (χ1) is 11.5. The highest BCUT2D eigenvalue weighted by molar-refractivity contribution is 6.30. The third-order valence-electron chi connectivity index (χ3n) is 4.27. The highest BCUT2D eigenvalue weighted by Gasteiger charge is 2.29. The van der Waals surface area contributed by atoms with Gasteiger partial charge in [0.1, 0.15) is 0 Å². The molecule has 0 bridgehead atoms. The Bertz CT molecular complexity index is 735. The lowest BCUT2D eigenvalue weighted by Gasteiger charge is -2.27. The van der Waals surface area contributed by atoms with Crippen LogP contribution in [0, 0.1) is 0 Å². The van der Waals surface area contributed by atoms with Crippen molar-refractivity contribution >= 4 is 23.4 Å². The van der Waals surface area contributed by atoms with E-state index in [4.69, 9.17) is 17.3 Å². The van der Waals surface area contributed by atoms with Crippen LogP contribution in [-0.2, 0) is 4.79 Å². The van der Waals surface area contributed by atoms with E-state index in [1.807, 2.05) is 12.1 Å². The van der Waals surface area contributed by atoms with Crippen LogP contribution in [0.3, 0.4) is 0 Å². The Morgan fingerprint density at radius 1 is 1.25 bits per heavy atom. The monoisotopic (exact) mass is 346 g/mol. The van der Waals surface area contributed by atoms with E-state index in [1.54, 1.807) is 27.9 Å². The number of nitrogens with two attached hydrogens (primary N) is 1. The molecular formula is C17H19ClN4O2. The van der Waals surface area contributed by atoms with Crippen LogP contribution >= 0.6 is 11.6 Å². The average Bonchev–Trinajstić information content (AvgIpc) is 3.24. The number of nitrogens with zero attached hydrogens (tertiary/aromatic N) is 3. The van der Waals surface area contributed by atoms with Crippen LogP contribution in [0.5, 0.6) is 0 Å². The zero-order chi connectivity index (χ0) is 17.1. The number of hydrogen-bond donors (Lipinski definition) is 1. The number of benzene rings is 1. The van der Waals surface area contributed by atoms with Gasteiger partial charge in [0.15, 0.2) is 0 Å². The van der Waals surface area contributed by atoms with Gasteiger partial charge in [0, 0.05) is 17.3 Å². The molecule has 2 N–H and O–H groups in total. The second-order valence-corrected chi connectivity index (χ2v) is 6.42. The summed E-state index contributed by atoms with van der Waals surface area (Å²) in [6.45, 7) is -0.0599. The number of primary amides is 1. The van der Waals surface area contributed by atoms with E-state index in [-0.39, 0.29) is 18.5 Å². The summed E-state index contributed by atoms with van der Waals surface area (Å²) in [5.41, 5.74) is 6.57. The molecule has 0 spiro atoms. The van der Waals surface area contributed by atoms with Crippen LogP contribution in [0.4, 0.5) is 0 Å². The quantitative estimate of drug-likeness (QED) is 0.902. The molecule has 0 aliphatic heterocycles. The predicted octanol–water partition coefficient (Wildman–Crippen LogP) is 2.40. The first kappa shape index (κ1) is 16.5. The van der Waals surface area contributed by atoms with Crippen molar-refractivity contribution in [2.75, 3.05) is 6.54 Å². The van der Waals surface area contributed by atoms with Gasteiger partial charge in [-0.3, -0.25) is 9.59 Å². The van der Waals surface area contributed by atoms with E-state index in [9.17, 15) is 9.59 Å². The SMILES string of the molecule is NC(=O)CN(C(=O)c1cnn(-c2ccc(Cl)cc2)c1)C1CCCC1. The van der Waals surface area contributed by atoms with Crippen LogP contribution in [0.1, 0.15) is 36.0 Å². The van der Waals surface area contributed by atoms with Crippen molar-refractivity contribution < 1.29 is 9.59 Å². The fourth-order valence-corrected chi connectivity index (χ4v) is 3.21. The minimum absolute atomic E-state index is 0.0599. The molecule has 0 radical (unpaired) electrons. The number of aromatic nitrogens is 2. The van der Waals surface area contributed by atoms with Crippen molar-refractivity contribution in [3.8, 4) is 5.69 Å². The molecule has 1 aromatic carbocycles. The number of amides is 2. The molecule has 1 aliphatic rings. The largest absolute Gasteiger partial charge is 0.368 e. The average molecular weight is 347 g/mol. The number of rotatable bonds is 5. The Morgan fingerprint density at radius 3 is 2.54 bits per heavy atom. The van der Waals surface area contributed by atoms with Crippen LogP contribution < -0.4 is 5.73 Å². The third kappa shape index (κ3) is 3.59. The van der Waals surface area contributed by atoms with Crippen molar-refractivity contribution in [1.29, 1.82) is 0 Å². The molecule has 126 valence electrons. The Balaban J connectivity index is 1.82. The van der Waals surface area contributed by atoms with Crippen molar-refractivity contribution in [2.24, 2.45) is 5.73 Å². The molecule has 1 aromatic heterocycles. The van der Waals surface area contributed by atoms with E-state index in [0.717, 1.165) is 31.4 Å².